The van der Waals surface area contributed by atoms with Crippen LogP contribution in [0.25, 0.3) is 10.9 Å². The summed E-state index contributed by atoms with van der Waals surface area (Å²) in [6.45, 7) is 2.44. The lowest BCUT2D eigenvalue weighted by Crippen LogP contribution is -2.40. The van der Waals surface area contributed by atoms with Crippen molar-refractivity contribution in [2.45, 2.75) is 18.8 Å². The molecule has 0 aliphatic carbocycles. The van der Waals surface area contributed by atoms with Crippen LogP contribution in [0.5, 0.6) is 5.75 Å². The molecule has 1 amide bonds. The first-order valence-corrected chi connectivity index (χ1v) is 7.79. The highest BCUT2D eigenvalue weighted by Crippen LogP contribution is 2.34. The minimum atomic E-state index is 0.0929. The minimum Gasteiger partial charge on any atom is -0.497 e. The number of carbonyl (C=O) groups excluding carboxylic acids is 1. The summed E-state index contributed by atoms with van der Waals surface area (Å²) in [5.41, 5.74) is 2.53. The molecule has 0 saturated carbocycles. The Kier molecular flexibility index (Phi) is 4.34. The predicted molar refractivity (Wildman–Crippen MR) is 87.3 cm³/mol. The number of rotatable bonds is 4. The van der Waals surface area contributed by atoms with Gasteiger partial charge in [0.25, 0.3) is 0 Å². The van der Waals surface area contributed by atoms with Crippen molar-refractivity contribution in [2.75, 3.05) is 33.8 Å². The molecule has 1 aliphatic rings. The molecule has 1 saturated heterocycles. The van der Waals surface area contributed by atoms with Gasteiger partial charge in [0.1, 0.15) is 5.75 Å². The molecule has 1 fully saturated rings. The number of likely N-dealkylation sites (N-methyl/N-ethyl adjacent to an activating group) is 1. The number of nitrogens with one attached hydrogen (secondary N) is 2. The molecule has 0 radical (unpaired) electrons. The van der Waals surface area contributed by atoms with Crippen LogP contribution in [0.1, 0.15) is 24.3 Å². The quantitative estimate of drug-likeness (QED) is 0.909. The summed E-state index contributed by atoms with van der Waals surface area (Å²) in [5.74, 6) is 1.53. The summed E-state index contributed by atoms with van der Waals surface area (Å²) in [6, 6.07) is 6.16. The number of H-pyrrole nitrogens is 1. The number of piperidine rings is 1. The van der Waals surface area contributed by atoms with Crippen LogP contribution in [-0.4, -0.2) is 49.6 Å². The van der Waals surface area contributed by atoms with E-state index >= 15 is 0 Å². The Morgan fingerprint density at radius 1 is 1.41 bits per heavy atom. The number of hydrogen-bond acceptors (Lipinski definition) is 3. The molecule has 0 bridgehead atoms. The van der Waals surface area contributed by atoms with Crippen molar-refractivity contribution in [2.24, 2.45) is 0 Å². The molecule has 3 rings (SSSR count). The third-order valence-corrected chi connectivity index (χ3v) is 4.59. The molecule has 5 heteroatoms. The summed E-state index contributed by atoms with van der Waals surface area (Å²) in [6.07, 6.45) is 4.30. The first kappa shape index (κ1) is 14.9. The number of likely N-dealkylation sites (tertiary alicyclic amines) is 1. The summed E-state index contributed by atoms with van der Waals surface area (Å²) in [4.78, 5) is 17.0. The van der Waals surface area contributed by atoms with Crippen molar-refractivity contribution >= 4 is 16.8 Å². The number of carbonyl (C=O) groups is 1. The molecule has 0 unspecified atom stereocenters. The second-order valence-corrected chi connectivity index (χ2v) is 5.88. The van der Waals surface area contributed by atoms with E-state index in [0.29, 0.717) is 12.5 Å². The first-order chi connectivity index (χ1) is 10.7. The van der Waals surface area contributed by atoms with Crippen molar-refractivity contribution in [3.63, 3.8) is 0 Å². The van der Waals surface area contributed by atoms with Gasteiger partial charge in [0.2, 0.25) is 5.91 Å². The summed E-state index contributed by atoms with van der Waals surface area (Å²) in [7, 11) is 3.39. The Morgan fingerprint density at radius 2 is 2.18 bits per heavy atom. The third kappa shape index (κ3) is 2.95. The van der Waals surface area contributed by atoms with Crippen molar-refractivity contribution in [1.29, 1.82) is 0 Å². The molecule has 0 spiro atoms. The molecule has 2 aromatic rings. The highest BCUT2D eigenvalue weighted by molar-refractivity contribution is 5.85. The van der Waals surface area contributed by atoms with Gasteiger partial charge >= 0.3 is 0 Å². The van der Waals surface area contributed by atoms with Gasteiger partial charge in [-0.25, -0.2) is 0 Å². The Morgan fingerprint density at radius 3 is 2.86 bits per heavy atom. The lowest BCUT2D eigenvalue weighted by molar-refractivity contribution is -0.122. The molecule has 5 nitrogen and oxygen atoms in total. The van der Waals surface area contributed by atoms with Gasteiger partial charge in [-0.05, 0) is 55.6 Å². The largest absolute Gasteiger partial charge is 0.497 e. The highest BCUT2D eigenvalue weighted by atomic mass is 16.5. The lowest BCUT2D eigenvalue weighted by Gasteiger charge is -2.31. The third-order valence-electron chi connectivity index (χ3n) is 4.59. The molecule has 118 valence electrons. The summed E-state index contributed by atoms with van der Waals surface area (Å²) < 4.78 is 5.34. The van der Waals surface area contributed by atoms with Crippen molar-refractivity contribution < 1.29 is 9.53 Å². The zero-order chi connectivity index (χ0) is 15.5. The zero-order valence-electron chi connectivity index (χ0n) is 13.2. The van der Waals surface area contributed by atoms with Gasteiger partial charge in [-0.15, -0.1) is 0 Å². The number of fused-ring (bicyclic) bond motifs is 1. The molecular weight excluding hydrogens is 278 g/mol. The van der Waals surface area contributed by atoms with Crippen LogP contribution < -0.4 is 10.1 Å². The van der Waals surface area contributed by atoms with Gasteiger partial charge in [-0.2, -0.15) is 0 Å². The van der Waals surface area contributed by atoms with Crippen molar-refractivity contribution in [1.82, 2.24) is 15.2 Å². The van der Waals surface area contributed by atoms with E-state index in [4.69, 9.17) is 4.74 Å². The van der Waals surface area contributed by atoms with E-state index in [1.807, 2.05) is 6.07 Å². The Balaban J connectivity index is 1.72. The number of amides is 1. The van der Waals surface area contributed by atoms with Gasteiger partial charge in [-0.1, -0.05) is 0 Å². The Bertz CT molecular complexity index is 657. The molecule has 1 aromatic carbocycles. The average molecular weight is 301 g/mol. The zero-order valence-corrected chi connectivity index (χ0v) is 13.2. The number of methoxy groups -OCH3 is 1. The van der Waals surface area contributed by atoms with Crippen molar-refractivity contribution in [3.05, 3.63) is 30.0 Å². The fourth-order valence-corrected chi connectivity index (χ4v) is 3.27. The van der Waals surface area contributed by atoms with E-state index in [-0.39, 0.29) is 5.91 Å². The van der Waals surface area contributed by atoms with Gasteiger partial charge in [0.05, 0.1) is 13.7 Å². The number of benzene rings is 1. The van der Waals surface area contributed by atoms with Crippen LogP contribution >= 0.6 is 0 Å². The van der Waals surface area contributed by atoms with Crippen LogP contribution in [0.4, 0.5) is 0 Å². The average Bonchev–Trinajstić information content (AvgIpc) is 2.98. The smallest absolute Gasteiger partial charge is 0.233 e. The predicted octanol–water partition coefficient (Wildman–Crippen LogP) is 2.10. The van der Waals surface area contributed by atoms with E-state index in [0.717, 1.165) is 37.2 Å². The van der Waals surface area contributed by atoms with E-state index in [9.17, 15) is 4.79 Å². The number of aromatic nitrogens is 1. The van der Waals surface area contributed by atoms with Crippen molar-refractivity contribution in [3.8, 4) is 5.75 Å². The van der Waals surface area contributed by atoms with Crippen LogP contribution in [0.15, 0.2) is 24.4 Å². The van der Waals surface area contributed by atoms with Gasteiger partial charge in [0.15, 0.2) is 0 Å². The van der Waals surface area contributed by atoms with Gasteiger partial charge in [-0.3, -0.25) is 9.69 Å². The number of aromatic amines is 1. The number of nitrogens with zero attached hydrogens (tertiary/aromatic N) is 1. The van der Waals surface area contributed by atoms with E-state index < -0.39 is 0 Å². The summed E-state index contributed by atoms with van der Waals surface area (Å²) >= 11 is 0. The van der Waals surface area contributed by atoms with E-state index in [1.165, 1.54) is 10.9 Å². The van der Waals surface area contributed by atoms with Gasteiger partial charge < -0.3 is 15.0 Å². The highest BCUT2D eigenvalue weighted by Gasteiger charge is 2.23. The SMILES string of the molecule is CNC(=O)CN1CCC(c2c[nH]c3ccc(OC)cc23)CC1. The van der Waals surface area contributed by atoms with Crippen LogP contribution in [-0.2, 0) is 4.79 Å². The molecular formula is C17H23N3O2. The standard InChI is InChI=1S/C17H23N3O2/c1-18-17(21)11-20-7-5-12(6-8-20)15-10-19-16-4-3-13(22-2)9-14(15)16/h3-4,9-10,12,19H,5-8,11H2,1-2H3,(H,18,21). The Hall–Kier alpha value is -2.01. The molecule has 0 atom stereocenters. The van der Waals surface area contributed by atoms with E-state index in [2.05, 4.69) is 33.5 Å². The van der Waals surface area contributed by atoms with Gasteiger partial charge in [0, 0.05) is 24.1 Å². The maximum Gasteiger partial charge on any atom is 0.233 e. The molecule has 2 heterocycles. The fourth-order valence-electron chi connectivity index (χ4n) is 3.27. The van der Waals surface area contributed by atoms with E-state index in [1.54, 1.807) is 14.2 Å². The van der Waals surface area contributed by atoms with Crippen LogP contribution in [0, 0.1) is 0 Å². The maximum atomic E-state index is 11.5. The molecule has 2 N–H and O–H groups in total. The molecule has 1 aliphatic heterocycles. The summed E-state index contributed by atoms with van der Waals surface area (Å²) in [5, 5.41) is 3.94. The number of ether oxygens (including phenoxy) is 1. The molecule has 22 heavy (non-hydrogen) atoms. The topological polar surface area (TPSA) is 57.4 Å². The number of hydrogen-bond donors (Lipinski definition) is 2. The Labute approximate surface area is 130 Å². The first-order valence-electron chi connectivity index (χ1n) is 7.79. The second kappa shape index (κ2) is 6.40. The van der Waals surface area contributed by atoms with Crippen LogP contribution in [0.2, 0.25) is 0 Å². The maximum absolute atomic E-state index is 11.5. The minimum absolute atomic E-state index is 0.0929. The monoisotopic (exact) mass is 301 g/mol. The lowest BCUT2D eigenvalue weighted by atomic mass is 9.89. The molecule has 1 aromatic heterocycles. The second-order valence-electron chi connectivity index (χ2n) is 5.88. The fraction of sp³-hybridized carbons (Fsp3) is 0.471. The van der Waals surface area contributed by atoms with Crippen LogP contribution in [0.3, 0.4) is 0 Å². The normalized spacial score (nSPS) is 16.8.